The molecule has 2 aromatic rings. The van der Waals surface area contributed by atoms with Crippen LogP contribution < -0.4 is 10.6 Å². The molecule has 124 valence electrons. The van der Waals surface area contributed by atoms with Crippen molar-refractivity contribution in [2.24, 2.45) is 0 Å². The Morgan fingerprint density at radius 3 is 2.46 bits per heavy atom. The van der Waals surface area contributed by atoms with Crippen LogP contribution in [0.25, 0.3) is 0 Å². The lowest BCUT2D eigenvalue weighted by molar-refractivity contribution is -0.385. The number of hydrogen-bond acceptors (Lipinski definition) is 4. The fraction of sp³-hybridized carbons (Fsp3) is 0.176. The zero-order valence-corrected chi connectivity index (χ0v) is 13.1. The summed E-state index contributed by atoms with van der Waals surface area (Å²) in [6, 6.07) is 13.6. The van der Waals surface area contributed by atoms with Gasteiger partial charge in [0.2, 0.25) is 11.8 Å². The third-order valence-electron chi connectivity index (χ3n) is 3.34. The Kier molecular flexibility index (Phi) is 5.62. The molecule has 2 amide bonds. The summed E-state index contributed by atoms with van der Waals surface area (Å²) in [4.78, 5) is 34.0. The molecule has 0 spiro atoms. The zero-order chi connectivity index (χ0) is 17.5. The van der Waals surface area contributed by atoms with Gasteiger partial charge in [-0.15, -0.1) is 0 Å². The van der Waals surface area contributed by atoms with Crippen LogP contribution in [-0.4, -0.2) is 23.3 Å². The van der Waals surface area contributed by atoms with Crippen molar-refractivity contribution in [3.8, 4) is 0 Å². The highest BCUT2D eigenvalue weighted by Crippen LogP contribution is 2.22. The second-order valence-corrected chi connectivity index (χ2v) is 5.25. The molecule has 2 aromatic carbocycles. The summed E-state index contributed by atoms with van der Waals surface area (Å²) in [6.45, 7) is 1.42. The molecule has 0 unspecified atom stereocenters. The van der Waals surface area contributed by atoms with Gasteiger partial charge in [0.05, 0.1) is 17.9 Å². The zero-order valence-electron chi connectivity index (χ0n) is 13.1. The first kappa shape index (κ1) is 17.1. The van der Waals surface area contributed by atoms with E-state index in [2.05, 4.69) is 10.6 Å². The lowest BCUT2D eigenvalue weighted by Gasteiger charge is -2.08. The number of amides is 2. The third-order valence-corrected chi connectivity index (χ3v) is 3.34. The van der Waals surface area contributed by atoms with Crippen LogP contribution >= 0.6 is 0 Å². The number of nitro benzene ring substituents is 1. The number of nitro groups is 1. The monoisotopic (exact) mass is 327 g/mol. The van der Waals surface area contributed by atoms with E-state index in [1.54, 1.807) is 19.1 Å². The number of carbonyl (C=O) groups is 2. The first-order valence-corrected chi connectivity index (χ1v) is 7.31. The third kappa shape index (κ3) is 4.91. The smallest absolute Gasteiger partial charge is 0.274 e. The number of benzene rings is 2. The van der Waals surface area contributed by atoms with Gasteiger partial charge in [-0.25, -0.2) is 0 Å². The first-order chi connectivity index (χ1) is 11.5. The van der Waals surface area contributed by atoms with Crippen LogP contribution in [0.5, 0.6) is 0 Å². The summed E-state index contributed by atoms with van der Waals surface area (Å²) in [5.74, 6) is -0.721. The van der Waals surface area contributed by atoms with Crippen molar-refractivity contribution >= 4 is 23.2 Å². The molecule has 0 aliphatic carbocycles. The van der Waals surface area contributed by atoms with Crippen molar-refractivity contribution in [1.29, 1.82) is 0 Å². The molecule has 24 heavy (non-hydrogen) atoms. The molecule has 2 rings (SSSR count). The van der Waals surface area contributed by atoms with Crippen molar-refractivity contribution in [2.45, 2.75) is 13.3 Å². The molecule has 7 nitrogen and oxygen atoms in total. The number of carbonyl (C=O) groups excluding carboxylic acids is 2. The number of nitrogens with one attached hydrogen (secondary N) is 2. The molecule has 2 N–H and O–H groups in total. The van der Waals surface area contributed by atoms with Crippen LogP contribution in [0.4, 0.5) is 11.4 Å². The summed E-state index contributed by atoms with van der Waals surface area (Å²) < 4.78 is 0. The van der Waals surface area contributed by atoms with Crippen LogP contribution in [-0.2, 0) is 16.0 Å². The van der Waals surface area contributed by atoms with E-state index in [0.717, 1.165) is 5.56 Å². The van der Waals surface area contributed by atoms with E-state index in [4.69, 9.17) is 0 Å². The van der Waals surface area contributed by atoms with E-state index in [1.807, 2.05) is 30.3 Å². The summed E-state index contributed by atoms with van der Waals surface area (Å²) in [5, 5.41) is 15.9. The summed E-state index contributed by atoms with van der Waals surface area (Å²) in [5.41, 5.74) is 1.61. The average molecular weight is 327 g/mol. The molecule has 0 aliphatic rings. The van der Waals surface area contributed by atoms with Gasteiger partial charge in [0.15, 0.2) is 0 Å². The van der Waals surface area contributed by atoms with Gasteiger partial charge in [-0.2, -0.15) is 0 Å². The van der Waals surface area contributed by atoms with E-state index < -0.39 is 10.8 Å². The summed E-state index contributed by atoms with van der Waals surface area (Å²) in [7, 11) is 0. The van der Waals surface area contributed by atoms with E-state index in [1.165, 1.54) is 6.07 Å². The molecule has 0 aromatic heterocycles. The molecule has 0 saturated heterocycles. The number of rotatable bonds is 6. The van der Waals surface area contributed by atoms with Gasteiger partial charge in [-0.05, 0) is 18.6 Å². The maximum absolute atomic E-state index is 11.8. The predicted molar refractivity (Wildman–Crippen MR) is 89.6 cm³/mol. The van der Waals surface area contributed by atoms with Crippen molar-refractivity contribution < 1.29 is 14.5 Å². The molecular formula is C17H17N3O4. The fourth-order valence-corrected chi connectivity index (χ4v) is 2.11. The minimum atomic E-state index is -0.507. The number of hydrogen-bond donors (Lipinski definition) is 2. The van der Waals surface area contributed by atoms with E-state index in [0.29, 0.717) is 11.3 Å². The first-order valence-electron chi connectivity index (χ1n) is 7.31. The predicted octanol–water partition coefficient (Wildman–Crippen LogP) is 2.20. The summed E-state index contributed by atoms with van der Waals surface area (Å²) in [6.07, 6.45) is 0.185. The van der Waals surface area contributed by atoms with Gasteiger partial charge in [-0.3, -0.25) is 19.7 Å². The highest BCUT2D eigenvalue weighted by Gasteiger charge is 2.13. The second-order valence-electron chi connectivity index (χ2n) is 5.25. The molecule has 0 saturated carbocycles. The second kappa shape index (κ2) is 7.87. The van der Waals surface area contributed by atoms with E-state index >= 15 is 0 Å². The van der Waals surface area contributed by atoms with E-state index in [9.17, 15) is 19.7 Å². The van der Waals surface area contributed by atoms with Gasteiger partial charge in [0.1, 0.15) is 0 Å². The Morgan fingerprint density at radius 2 is 1.79 bits per heavy atom. The Balaban J connectivity index is 1.86. The quantitative estimate of drug-likeness (QED) is 0.627. The van der Waals surface area contributed by atoms with Gasteiger partial charge in [-0.1, -0.05) is 36.4 Å². The van der Waals surface area contributed by atoms with Crippen molar-refractivity contribution in [3.63, 3.8) is 0 Å². The maximum Gasteiger partial charge on any atom is 0.274 e. The van der Waals surface area contributed by atoms with Gasteiger partial charge < -0.3 is 10.6 Å². The van der Waals surface area contributed by atoms with Crippen LogP contribution in [0.2, 0.25) is 0 Å². The van der Waals surface area contributed by atoms with Crippen LogP contribution in [0.15, 0.2) is 48.5 Å². The minimum Gasteiger partial charge on any atom is -0.347 e. The molecule has 0 fully saturated rings. The largest absolute Gasteiger partial charge is 0.347 e. The van der Waals surface area contributed by atoms with Crippen LogP contribution in [0, 0.1) is 17.0 Å². The highest BCUT2D eigenvalue weighted by molar-refractivity contribution is 5.95. The maximum atomic E-state index is 11.8. The number of aryl methyl sites for hydroxylation is 1. The molecule has 0 bridgehead atoms. The number of nitrogens with zero attached hydrogens (tertiary/aromatic N) is 1. The van der Waals surface area contributed by atoms with Crippen LogP contribution in [0.1, 0.15) is 11.1 Å². The molecule has 0 heterocycles. The average Bonchev–Trinajstić information content (AvgIpc) is 2.55. The van der Waals surface area contributed by atoms with Crippen molar-refractivity contribution in [2.75, 3.05) is 11.9 Å². The lowest BCUT2D eigenvalue weighted by Crippen LogP contribution is -2.33. The molecule has 7 heteroatoms. The standard InChI is InChI=1S/C17H17N3O4/c1-12-7-8-14(10-15(12)20(23)24)19-17(22)11-18-16(21)9-13-5-3-2-4-6-13/h2-8,10H,9,11H2,1H3,(H,18,21)(H,19,22). The fourth-order valence-electron chi connectivity index (χ4n) is 2.11. The Bertz CT molecular complexity index is 760. The lowest BCUT2D eigenvalue weighted by atomic mass is 10.1. The molecule has 0 radical (unpaired) electrons. The molecular weight excluding hydrogens is 310 g/mol. The Labute approximate surface area is 138 Å². The topological polar surface area (TPSA) is 101 Å². The Morgan fingerprint density at radius 1 is 1.08 bits per heavy atom. The SMILES string of the molecule is Cc1ccc(NC(=O)CNC(=O)Cc2ccccc2)cc1[N+](=O)[O-]. The molecule has 0 atom stereocenters. The van der Waals surface area contributed by atoms with Crippen molar-refractivity contribution in [3.05, 3.63) is 69.8 Å². The van der Waals surface area contributed by atoms with Gasteiger partial charge in [0.25, 0.3) is 5.69 Å². The highest BCUT2D eigenvalue weighted by atomic mass is 16.6. The van der Waals surface area contributed by atoms with Gasteiger partial charge in [0, 0.05) is 17.3 Å². The normalized spacial score (nSPS) is 10.0. The van der Waals surface area contributed by atoms with Crippen LogP contribution in [0.3, 0.4) is 0 Å². The van der Waals surface area contributed by atoms with E-state index in [-0.39, 0.29) is 24.6 Å². The van der Waals surface area contributed by atoms with Gasteiger partial charge >= 0.3 is 0 Å². The summed E-state index contributed by atoms with van der Waals surface area (Å²) >= 11 is 0. The number of anilines is 1. The minimum absolute atomic E-state index is 0.0686. The molecule has 0 aliphatic heterocycles. The van der Waals surface area contributed by atoms with Crippen molar-refractivity contribution in [1.82, 2.24) is 5.32 Å². The Hall–Kier alpha value is -3.22.